The normalized spacial score (nSPS) is 15.4. The number of rotatable bonds is 4. The number of fused-ring (bicyclic) bond motifs is 2. The molecule has 0 N–H and O–H groups in total. The SMILES string of the molecule is O=S1(=O)c2cc(C3=CCCC(c4ccccc4)=NC(c4ccccc4)=N3)ccc2-n2c(-c3ccccc3)nc3cccc1c32. The van der Waals surface area contributed by atoms with Crippen molar-refractivity contribution in [1.82, 2.24) is 9.55 Å². The Morgan fingerprint density at radius 2 is 1.30 bits per heavy atom. The van der Waals surface area contributed by atoms with E-state index in [1.165, 1.54) is 0 Å². The van der Waals surface area contributed by atoms with E-state index in [4.69, 9.17) is 15.0 Å². The maximum atomic E-state index is 14.2. The molecule has 212 valence electrons. The zero-order valence-corrected chi connectivity index (χ0v) is 24.4. The first kappa shape index (κ1) is 26.2. The zero-order chi connectivity index (χ0) is 29.7. The van der Waals surface area contributed by atoms with Crippen molar-refractivity contribution in [2.24, 2.45) is 9.98 Å². The Balaban J connectivity index is 1.31. The summed E-state index contributed by atoms with van der Waals surface area (Å²) >= 11 is 0. The lowest BCUT2D eigenvalue weighted by molar-refractivity contribution is 0.594. The van der Waals surface area contributed by atoms with Crippen LogP contribution in [-0.2, 0) is 9.84 Å². The van der Waals surface area contributed by atoms with E-state index in [-0.39, 0.29) is 9.79 Å². The van der Waals surface area contributed by atoms with E-state index in [0.717, 1.165) is 34.4 Å². The highest BCUT2D eigenvalue weighted by atomic mass is 32.2. The van der Waals surface area contributed by atoms with Gasteiger partial charge in [-0.3, -0.25) is 4.57 Å². The van der Waals surface area contributed by atoms with E-state index >= 15 is 0 Å². The third-order valence-electron chi connectivity index (χ3n) is 8.07. The van der Waals surface area contributed by atoms with Crippen LogP contribution in [0.4, 0.5) is 0 Å². The molecule has 6 nitrogen and oxygen atoms in total. The lowest BCUT2D eigenvalue weighted by Gasteiger charge is -2.22. The van der Waals surface area contributed by atoms with Gasteiger partial charge in [0.1, 0.15) is 5.82 Å². The summed E-state index contributed by atoms with van der Waals surface area (Å²) in [6, 6.07) is 40.8. The maximum absolute atomic E-state index is 14.2. The number of hydrogen-bond donors (Lipinski definition) is 0. The quantitative estimate of drug-likeness (QED) is 0.209. The number of nitrogens with zero attached hydrogens (tertiary/aromatic N) is 4. The Labute approximate surface area is 255 Å². The van der Waals surface area contributed by atoms with Crippen molar-refractivity contribution in [2.75, 3.05) is 0 Å². The van der Waals surface area contributed by atoms with Gasteiger partial charge < -0.3 is 0 Å². The summed E-state index contributed by atoms with van der Waals surface area (Å²) in [5, 5.41) is 0. The number of hydrogen-bond acceptors (Lipinski definition) is 5. The lowest BCUT2D eigenvalue weighted by atomic mass is 10.0. The first-order valence-corrected chi connectivity index (χ1v) is 16.0. The van der Waals surface area contributed by atoms with Gasteiger partial charge in [0, 0.05) is 16.7 Å². The smallest absolute Gasteiger partial charge is 0.210 e. The van der Waals surface area contributed by atoms with Crippen molar-refractivity contribution in [3.05, 3.63) is 150 Å². The molecule has 3 heterocycles. The first-order valence-electron chi connectivity index (χ1n) is 14.5. The van der Waals surface area contributed by atoms with Crippen LogP contribution in [0.1, 0.15) is 29.5 Å². The molecule has 0 radical (unpaired) electrons. The van der Waals surface area contributed by atoms with E-state index in [1.807, 2.05) is 102 Å². The highest BCUT2D eigenvalue weighted by Gasteiger charge is 2.34. The number of amidine groups is 1. The lowest BCUT2D eigenvalue weighted by Crippen LogP contribution is -2.15. The molecule has 5 aromatic carbocycles. The first-order chi connectivity index (χ1) is 21.6. The van der Waals surface area contributed by atoms with Crippen LogP contribution >= 0.6 is 0 Å². The van der Waals surface area contributed by atoms with Crippen LogP contribution in [0.2, 0.25) is 0 Å². The summed E-state index contributed by atoms with van der Waals surface area (Å²) in [5.41, 5.74) is 7.06. The predicted octanol–water partition coefficient (Wildman–Crippen LogP) is 7.91. The van der Waals surface area contributed by atoms with Crippen LogP contribution in [-0.4, -0.2) is 29.5 Å². The molecule has 7 heteroatoms. The van der Waals surface area contributed by atoms with Gasteiger partial charge in [0.2, 0.25) is 9.84 Å². The summed E-state index contributed by atoms with van der Waals surface area (Å²) < 4.78 is 30.3. The number of aromatic nitrogens is 2. The fourth-order valence-electron chi connectivity index (χ4n) is 5.97. The molecule has 0 atom stereocenters. The molecule has 0 fully saturated rings. The van der Waals surface area contributed by atoms with Gasteiger partial charge in [0.25, 0.3) is 0 Å². The van der Waals surface area contributed by atoms with Gasteiger partial charge in [0.15, 0.2) is 5.84 Å². The molecule has 2 aliphatic heterocycles. The van der Waals surface area contributed by atoms with E-state index < -0.39 is 9.84 Å². The Kier molecular flexibility index (Phi) is 6.20. The predicted molar refractivity (Wildman–Crippen MR) is 175 cm³/mol. The van der Waals surface area contributed by atoms with Gasteiger partial charge in [-0.05, 0) is 42.7 Å². The summed E-state index contributed by atoms with van der Waals surface area (Å²) in [4.78, 5) is 15.5. The molecule has 0 saturated heterocycles. The van der Waals surface area contributed by atoms with Crippen LogP contribution in [0.15, 0.2) is 153 Å². The Bertz CT molecular complexity index is 2270. The molecule has 6 aromatic rings. The second-order valence-corrected chi connectivity index (χ2v) is 12.7. The summed E-state index contributed by atoms with van der Waals surface area (Å²) in [6.45, 7) is 0. The molecule has 0 unspecified atom stereocenters. The van der Waals surface area contributed by atoms with Crippen LogP contribution in [0, 0.1) is 0 Å². The molecule has 44 heavy (non-hydrogen) atoms. The van der Waals surface area contributed by atoms with Crippen molar-refractivity contribution in [3.8, 4) is 17.1 Å². The van der Waals surface area contributed by atoms with Crippen molar-refractivity contribution < 1.29 is 8.42 Å². The Morgan fingerprint density at radius 3 is 2.02 bits per heavy atom. The highest BCUT2D eigenvalue weighted by Crippen LogP contribution is 2.42. The minimum atomic E-state index is -3.83. The Hall–Kier alpha value is -5.40. The third kappa shape index (κ3) is 4.32. The topological polar surface area (TPSA) is 76.7 Å². The summed E-state index contributed by atoms with van der Waals surface area (Å²) in [5.74, 6) is 1.29. The van der Waals surface area contributed by atoms with Gasteiger partial charge >= 0.3 is 0 Å². The fourth-order valence-corrected chi connectivity index (χ4v) is 7.63. The molecule has 1 aromatic heterocycles. The standard InChI is InChI=1S/C37H26N4O2S/c42-44(43)33-21-11-20-31-35(33)41(37(40-31)27-16-8-3-9-17-27)32-23-22-28(24-34(32)44)30-19-10-18-29(25-12-4-1-5-13-25)38-36(39-30)26-14-6-2-7-15-26/h1-9,11-17,19-24H,10,18H2. The minimum Gasteiger partial charge on any atom is -0.290 e. The van der Waals surface area contributed by atoms with Gasteiger partial charge in [-0.2, -0.15) is 0 Å². The molecule has 0 saturated carbocycles. The molecule has 0 bridgehead atoms. The van der Waals surface area contributed by atoms with Crippen LogP contribution in [0.25, 0.3) is 33.8 Å². The molecule has 0 spiro atoms. The monoisotopic (exact) mass is 590 g/mol. The minimum absolute atomic E-state index is 0.234. The number of sulfone groups is 1. The molecule has 0 amide bonds. The molecule has 2 aliphatic rings. The maximum Gasteiger partial charge on any atom is 0.210 e. The summed E-state index contributed by atoms with van der Waals surface area (Å²) in [6.07, 6.45) is 3.52. The van der Waals surface area contributed by atoms with Crippen LogP contribution < -0.4 is 0 Å². The molecular formula is C37H26N4O2S. The van der Waals surface area contributed by atoms with Gasteiger partial charge in [-0.1, -0.05) is 109 Å². The van der Waals surface area contributed by atoms with Crippen molar-refractivity contribution in [3.63, 3.8) is 0 Å². The van der Waals surface area contributed by atoms with Crippen molar-refractivity contribution in [2.45, 2.75) is 22.6 Å². The zero-order valence-electron chi connectivity index (χ0n) is 23.6. The number of benzene rings is 5. The van der Waals surface area contributed by atoms with Gasteiger partial charge in [-0.25, -0.2) is 23.4 Å². The average molecular weight is 591 g/mol. The van der Waals surface area contributed by atoms with Crippen molar-refractivity contribution in [1.29, 1.82) is 0 Å². The van der Waals surface area contributed by atoms with Crippen LogP contribution in [0.3, 0.4) is 0 Å². The molecule has 8 rings (SSSR count). The van der Waals surface area contributed by atoms with Crippen molar-refractivity contribution >= 4 is 38.1 Å². The van der Waals surface area contributed by atoms with E-state index in [9.17, 15) is 8.42 Å². The molecular weight excluding hydrogens is 565 g/mol. The largest absolute Gasteiger partial charge is 0.290 e. The second-order valence-electron chi connectivity index (χ2n) is 10.8. The number of para-hydroxylation sites is 1. The van der Waals surface area contributed by atoms with E-state index in [1.54, 1.807) is 18.2 Å². The average Bonchev–Trinajstić information content (AvgIpc) is 3.45. The van der Waals surface area contributed by atoms with Gasteiger partial charge in [0.05, 0.1) is 37.9 Å². The van der Waals surface area contributed by atoms with E-state index in [2.05, 4.69) is 18.2 Å². The summed E-state index contributed by atoms with van der Waals surface area (Å²) in [7, 11) is -3.83. The van der Waals surface area contributed by atoms with Crippen LogP contribution in [0.5, 0.6) is 0 Å². The molecule has 0 aliphatic carbocycles. The van der Waals surface area contributed by atoms with Gasteiger partial charge in [-0.15, -0.1) is 0 Å². The highest BCUT2D eigenvalue weighted by molar-refractivity contribution is 7.92. The Morgan fingerprint density at radius 1 is 0.614 bits per heavy atom. The van der Waals surface area contributed by atoms with E-state index in [0.29, 0.717) is 40.5 Å². The number of imidazole rings is 1. The number of aliphatic imine (C=N–C) groups is 2. The number of allylic oxidation sites excluding steroid dienone is 1. The second kappa shape index (κ2) is 10.4. The third-order valence-corrected chi connectivity index (χ3v) is 9.89. The fraction of sp³-hybridized carbons (Fsp3) is 0.0541.